The molecule has 1 heterocycles. The number of thioether (sulfide) groups is 1. The van der Waals surface area contributed by atoms with E-state index in [1.54, 1.807) is 5.51 Å². The monoisotopic (exact) mass is 293 g/mol. The number of hydrogen-bond acceptors (Lipinski definition) is 5. The number of anilines is 1. The van der Waals surface area contributed by atoms with E-state index in [0.29, 0.717) is 0 Å². The van der Waals surface area contributed by atoms with Crippen LogP contribution in [0.1, 0.15) is 18.1 Å². The highest BCUT2D eigenvalue weighted by atomic mass is 32.2. The second-order valence-electron chi connectivity index (χ2n) is 4.27. The van der Waals surface area contributed by atoms with E-state index in [1.807, 2.05) is 32.9 Å². The Morgan fingerprint density at radius 2 is 2.21 bits per heavy atom. The third kappa shape index (κ3) is 3.78. The van der Waals surface area contributed by atoms with Gasteiger partial charge < -0.3 is 5.32 Å². The van der Waals surface area contributed by atoms with E-state index in [1.165, 1.54) is 28.7 Å². The number of carbonyl (C=O) groups excluding carboxylic acids is 1. The third-order valence-corrected chi connectivity index (χ3v) is 4.54. The molecule has 1 aromatic heterocycles. The minimum Gasteiger partial charge on any atom is -0.325 e. The van der Waals surface area contributed by atoms with Gasteiger partial charge in [0.15, 0.2) is 4.34 Å². The molecule has 1 amide bonds. The molecule has 1 aromatic carbocycles. The number of aryl methyl sites for hydroxylation is 2. The lowest BCUT2D eigenvalue weighted by Gasteiger charge is -2.12. The van der Waals surface area contributed by atoms with Crippen LogP contribution in [0.5, 0.6) is 0 Å². The molecule has 1 N–H and O–H groups in total. The highest BCUT2D eigenvalue weighted by Crippen LogP contribution is 2.25. The summed E-state index contributed by atoms with van der Waals surface area (Å²) in [4.78, 5) is 12.1. The molecule has 0 aliphatic carbocycles. The standard InChI is InChI=1S/C13H15N3OS2/c1-8-4-5-11(9(2)6-8)15-12(17)10(3)19-13-16-14-7-18-13/h4-7,10H,1-3H3,(H,15,17)/t10-/m0/s1. The van der Waals surface area contributed by atoms with E-state index in [2.05, 4.69) is 21.6 Å². The molecule has 2 aromatic rings. The number of rotatable bonds is 4. The third-order valence-electron chi connectivity index (χ3n) is 2.63. The first-order valence-corrected chi connectivity index (χ1v) is 7.63. The number of nitrogens with zero attached hydrogens (tertiary/aromatic N) is 2. The zero-order valence-corrected chi connectivity index (χ0v) is 12.6. The Labute approximate surface area is 120 Å². The molecule has 0 aliphatic heterocycles. The zero-order valence-electron chi connectivity index (χ0n) is 11.0. The van der Waals surface area contributed by atoms with E-state index in [9.17, 15) is 4.79 Å². The molecule has 6 heteroatoms. The number of hydrogen-bond donors (Lipinski definition) is 1. The Morgan fingerprint density at radius 1 is 1.42 bits per heavy atom. The molecule has 0 bridgehead atoms. The summed E-state index contributed by atoms with van der Waals surface area (Å²) in [6, 6.07) is 5.98. The molecule has 0 aliphatic rings. The lowest BCUT2D eigenvalue weighted by Crippen LogP contribution is -2.22. The van der Waals surface area contributed by atoms with E-state index in [-0.39, 0.29) is 11.2 Å². The number of amides is 1. The second kappa shape index (κ2) is 6.16. The van der Waals surface area contributed by atoms with Crippen molar-refractivity contribution >= 4 is 34.7 Å². The lowest BCUT2D eigenvalue weighted by molar-refractivity contribution is -0.115. The highest BCUT2D eigenvalue weighted by molar-refractivity contribution is 8.02. The van der Waals surface area contributed by atoms with Crippen molar-refractivity contribution in [3.05, 3.63) is 34.8 Å². The fourth-order valence-corrected chi connectivity index (χ4v) is 3.23. The molecular formula is C13H15N3OS2. The maximum absolute atomic E-state index is 12.1. The van der Waals surface area contributed by atoms with Gasteiger partial charge in [-0.2, -0.15) is 0 Å². The van der Waals surface area contributed by atoms with Crippen molar-refractivity contribution in [3.63, 3.8) is 0 Å². The van der Waals surface area contributed by atoms with Gasteiger partial charge >= 0.3 is 0 Å². The first-order valence-electron chi connectivity index (χ1n) is 5.87. The van der Waals surface area contributed by atoms with E-state index < -0.39 is 0 Å². The van der Waals surface area contributed by atoms with Crippen LogP contribution in [0.3, 0.4) is 0 Å². The summed E-state index contributed by atoms with van der Waals surface area (Å²) in [6.07, 6.45) is 0. The van der Waals surface area contributed by atoms with Crippen molar-refractivity contribution in [1.82, 2.24) is 10.2 Å². The van der Waals surface area contributed by atoms with Crippen molar-refractivity contribution in [2.45, 2.75) is 30.4 Å². The van der Waals surface area contributed by atoms with E-state index in [4.69, 9.17) is 0 Å². The lowest BCUT2D eigenvalue weighted by atomic mass is 10.1. The fourth-order valence-electron chi connectivity index (χ4n) is 1.61. The van der Waals surface area contributed by atoms with E-state index >= 15 is 0 Å². The van der Waals surface area contributed by atoms with Crippen LogP contribution in [-0.4, -0.2) is 21.4 Å². The largest absolute Gasteiger partial charge is 0.325 e. The van der Waals surface area contributed by atoms with Crippen LogP contribution in [0.2, 0.25) is 0 Å². The molecule has 0 radical (unpaired) electrons. The Morgan fingerprint density at radius 3 is 2.84 bits per heavy atom. The molecule has 0 unspecified atom stereocenters. The minimum atomic E-state index is -0.200. The van der Waals surface area contributed by atoms with Crippen molar-refractivity contribution in [2.24, 2.45) is 0 Å². The summed E-state index contributed by atoms with van der Waals surface area (Å²) < 4.78 is 0.809. The van der Waals surface area contributed by atoms with Gasteiger partial charge in [0.05, 0.1) is 5.25 Å². The molecule has 0 saturated carbocycles. The predicted octanol–water partition coefficient (Wildman–Crippen LogP) is 3.27. The van der Waals surface area contributed by atoms with Gasteiger partial charge in [0, 0.05) is 5.69 Å². The van der Waals surface area contributed by atoms with Crippen LogP contribution in [0, 0.1) is 13.8 Å². The van der Waals surface area contributed by atoms with Gasteiger partial charge in [-0.15, -0.1) is 10.2 Å². The van der Waals surface area contributed by atoms with Gasteiger partial charge in [-0.25, -0.2) is 0 Å². The minimum absolute atomic E-state index is 0.0212. The summed E-state index contributed by atoms with van der Waals surface area (Å²) >= 11 is 2.86. The summed E-state index contributed by atoms with van der Waals surface area (Å²) in [5, 5.41) is 10.4. The zero-order chi connectivity index (χ0) is 13.8. The van der Waals surface area contributed by atoms with Crippen LogP contribution in [0.15, 0.2) is 28.0 Å². The van der Waals surface area contributed by atoms with Gasteiger partial charge in [-0.3, -0.25) is 4.79 Å². The van der Waals surface area contributed by atoms with Crippen LogP contribution < -0.4 is 5.32 Å². The maximum Gasteiger partial charge on any atom is 0.237 e. The van der Waals surface area contributed by atoms with Crippen LogP contribution in [0.4, 0.5) is 5.69 Å². The molecule has 0 fully saturated rings. The van der Waals surface area contributed by atoms with Crippen molar-refractivity contribution in [2.75, 3.05) is 5.32 Å². The van der Waals surface area contributed by atoms with Crippen LogP contribution >= 0.6 is 23.1 Å². The Bertz CT molecular complexity index is 569. The molecule has 0 saturated heterocycles. The Balaban J connectivity index is 2.00. The van der Waals surface area contributed by atoms with Crippen molar-refractivity contribution in [3.8, 4) is 0 Å². The van der Waals surface area contributed by atoms with E-state index in [0.717, 1.165) is 15.6 Å². The summed E-state index contributed by atoms with van der Waals surface area (Å²) in [7, 11) is 0. The first kappa shape index (κ1) is 14.0. The SMILES string of the molecule is Cc1ccc(NC(=O)[C@H](C)Sc2nncs2)c(C)c1. The van der Waals surface area contributed by atoms with Gasteiger partial charge in [0.1, 0.15) is 5.51 Å². The number of nitrogens with one attached hydrogen (secondary N) is 1. The quantitative estimate of drug-likeness (QED) is 0.879. The topological polar surface area (TPSA) is 54.9 Å². The van der Waals surface area contributed by atoms with Crippen molar-refractivity contribution < 1.29 is 4.79 Å². The Kier molecular flexibility index (Phi) is 4.55. The van der Waals surface area contributed by atoms with Gasteiger partial charge in [-0.05, 0) is 32.4 Å². The number of aromatic nitrogens is 2. The highest BCUT2D eigenvalue weighted by Gasteiger charge is 2.16. The predicted molar refractivity (Wildman–Crippen MR) is 79.8 cm³/mol. The fraction of sp³-hybridized carbons (Fsp3) is 0.308. The molecule has 19 heavy (non-hydrogen) atoms. The molecule has 4 nitrogen and oxygen atoms in total. The molecule has 100 valence electrons. The smallest absolute Gasteiger partial charge is 0.237 e. The van der Waals surface area contributed by atoms with Gasteiger partial charge in [0.2, 0.25) is 5.91 Å². The van der Waals surface area contributed by atoms with Gasteiger partial charge in [-0.1, -0.05) is 40.8 Å². The summed E-state index contributed by atoms with van der Waals surface area (Å²) in [5.74, 6) is -0.0212. The number of carbonyl (C=O) groups is 1. The first-order chi connectivity index (χ1) is 9.06. The average molecular weight is 293 g/mol. The normalized spacial score (nSPS) is 12.2. The molecule has 2 rings (SSSR count). The van der Waals surface area contributed by atoms with Crippen molar-refractivity contribution in [1.29, 1.82) is 0 Å². The van der Waals surface area contributed by atoms with Crippen LogP contribution in [0.25, 0.3) is 0 Å². The maximum atomic E-state index is 12.1. The van der Waals surface area contributed by atoms with Crippen LogP contribution in [-0.2, 0) is 4.79 Å². The number of benzene rings is 1. The molecular weight excluding hydrogens is 278 g/mol. The summed E-state index contributed by atoms with van der Waals surface area (Å²) in [6.45, 7) is 5.89. The Hall–Kier alpha value is -1.40. The molecule has 0 spiro atoms. The average Bonchev–Trinajstić information content (AvgIpc) is 2.85. The molecule has 1 atom stereocenters. The van der Waals surface area contributed by atoms with Gasteiger partial charge in [0.25, 0.3) is 0 Å². The summed E-state index contributed by atoms with van der Waals surface area (Å²) in [5.41, 5.74) is 4.78. The second-order valence-corrected chi connectivity index (χ2v) is 6.69.